The predicted octanol–water partition coefficient (Wildman–Crippen LogP) is 5.02. The smallest absolute Gasteiger partial charge is 0.422 e. The second-order valence-corrected chi connectivity index (χ2v) is 6.27. The molecule has 7 heteroatoms. The van der Waals surface area contributed by atoms with E-state index in [0.717, 1.165) is 5.56 Å². The van der Waals surface area contributed by atoms with Gasteiger partial charge in [-0.3, -0.25) is 4.79 Å². The average molecular weight is 370 g/mol. The highest BCUT2D eigenvalue weighted by Gasteiger charge is 2.45. The number of anilines is 1. The van der Waals surface area contributed by atoms with Gasteiger partial charge in [0, 0.05) is 10.9 Å². The minimum Gasteiger partial charge on any atom is -0.482 e. The molecule has 0 spiro atoms. The fourth-order valence-corrected chi connectivity index (χ4v) is 2.96. The van der Waals surface area contributed by atoms with Gasteiger partial charge in [-0.25, -0.2) is 0 Å². The van der Waals surface area contributed by atoms with Crippen LogP contribution in [0.3, 0.4) is 0 Å². The zero-order chi connectivity index (χ0) is 18.0. The summed E-state index contributed by atoms with van der Waals surface area (Å²) >= 11 is 6.14. The zero-order valence-corrected chi connectivity index (χ0v) is 13.8. The van der Waals surface area contributed by atoms with Gasteiger partial charge in [-0.05, 0) is 36.1 Å². The Hall–Kier alpha value is -2.21. The lowest BCUT2D eigenvalue weighted by Gasteiger charge is -2.13. The van der Waals surface area contributed by atoms with Gasteiger partial charge in [0.25, 0.3) is 0 Å². The number of alkyl halides is 3. The summed E-state index contributed by atoms with van der Waals surface area (Å²) in [5.41, 5.74) is 1.13. The highest BCUT2D eigenvalue weighted by Crippen LogP contribution is 2.50. The third kappa shape index (κ3) is 4.45. The van der Waals surface area contributed by atoms with Gasteiger partial charge in [0.2, 0.25) is 5.91 Å². The minimum absolute atomic E-state index is 0.0110. The Morgan fingerprint density at radius 2 is 1.84 bits per heavy atom. The Balaban J connectivity index is 1.66. The van der Waals surface area contributed by atoms with E-state index in [1.807, 2.05) is 18.2 Å². The Kier molecular flexibility index (Phi) is 4.90. The Bertz CT molecular complexity index is 779. The summed E-state index contributed by atoms with van der Waals surface area (Å²) in [7, 11) is 0. The van der Waals surface area contributed by atoms with Crippen LogP contribution < -0.4 is 10.1 Å². The number of amides is 1. The van der Waals surface area contributed by atoms with Crippen molar-refractivity contribution in [2.75, 3.05) is 11.9 Å². The molecule has 0 bridgehead atoms. The molecule has 0 radical (unpaired) electrons. The molecule has 0 heterocycles. The summed E-state index contributed by atoms with van der Waals surface area (Å²) in [4.78, 5) is 12.4. The van der Waals surface area contributed by atoms with Crippen molar-refractivity contribution in [2.45, 2.75) is 18.5 Å². The van der Waals surface area contributed by atoms with Gasteiger partial charge in [0.05, 0.1) is 5.69 Å². The Labute approximate surface area is 147 Å². The first-order chi connectivity index (χ1) is 11.8. The first-order valence-electron chi connectivity index (χ1n) is 7.69. The van der Waals surface area contributed by atoms with Gasteiger partial charge < -0.3 is 10.1 Å². The van der Waals surface area contributed by atoms with E-state index in [4.69, 9.17) is 16.3 Å². The number of nitrogens with one attached hydrogen (secondary N) is 1. The predicted molar refractivity (Wildman–Crippen MR) is 88.9 cm³/mol. The molecule has 1 fully saturated rings. The van der Waals surface area contributed by atoms with E-state index >= 15 is 0 Å². The van der Waals surface area contributed by atoms with Gasteiger partial charge in [-0.1, -0.05) is 41.9 Å². The molecule has 0 aliphatic heterocycles. The van der Waals surface area contributed by atoms with E-state index in [1.165, 1.54) is 12.1 Å². The van der Waals surface area contributed by atoms with Crippen LogP contribution in [-0.4, -0.2) is 18.7 Å². The van der Waals surface area contributed by atoms with Crippen LogP contribution in [0.1, 0.15) is 17.9 Å². The molecular formula is C18H15ClF3NO2. The molecule has 1 N–H and O–H groups in total. The number of ether oxygens (including phenoxy) is 1. The van der Waals surface area contributed by atoms with Crippen molar-refractivity contribution < 1.29 is 22.7 Å². The second kappa shape index (κ2) is 6.96. The molecular weight excluding hydrogens is 355 g/mol. The van der Waals surface area contributed by atoms with Gasteiger partial charge in [0.15, 0.2) is 6.61 Å². The lowest BCUT2D eigenvalue weighted by molar-refractivity contribution is -0.153. The SMILES string of the molecule is O=C(Nc1ccccc1OCC(F)(F)F)C1CC1c1ccccc1Cl. The van der Waals surface area contributed by atoms with Crippen LogP contribution in [-0.2, 0) is 4.79 Å². The summed E-state index contributed by atoms with van der Waals surface area (Å²) in [6.45, 7) is -1.41. The van der Waals surface area contributed by atoms with E-state index in [-0.39, 0.29) is 29.2 Å². The van der Waals surface area contributed by atoms with Gasteiger partial charge in [-0.2, -0.15) is 13.2 Å². The van der Waals surface area contributed by atoms with E-state index in [2.05, 4.69) is 5.32 Å². The van der Waals surface area contributed by atoms with E-state index < -0.39 is 12.8 Å². The number of carbonyl (C=O) groups excluding carboxylic acids is 1. The van der Waals surface area contributed by atoms with Crippen LogP contribution in [0.15, 0.2) is 48.5 Å². The first kappa shape index (κ1) is 17.6. The van der Waals surface area contributed by atoms with Crippen LogP contribution in [0.2, 0.25) is 5.02 Å². The van der Waals surface area contributed by atoms with Crippen LogP contribution in [0, 0.1) is 5.92 Å². The molecule has 2 aromatic carbocycles. The molecule has 3 rings (SSSR count). The van der Waals surface area contributed by atoms with Crippen molar-refractivity contribution in [3.63, 3.8) is 0 Å². The fourth-order valence-electron chi connectivity index (χ4n) is 2.69. The van der Waals surface area contributed by atoms with Crippen molar-refractivity contribution in [3.05, 3.63) is 59.1 Å². The number of para-hydroxylation sites is 2. The van der Waals surface area contributed by atoms with E-state index in [0.29, 0.717) is 11.4 Å². The molecule has 1 aliphatic rings. The molecule has 2 aromatic rings. The van der Waals surface area contributed by atoms with E-state index in [9.17, 15) is 18.0 Å². The maximum atomic E-state index is 12.4. The summed E-state index contributed by atoms with van der Waals surface area (Å²) in [6.07, 6.45) is -3.79. The Morgan fingerprint density at radius 3 is 2.56 bits per heavy atom. The maximum Gasteiger partial charge on any atom is 0.422 e. The standard InChI is InChI=1S/C18H15ClF3NO2/c19-14-6-2-1-5-11(14)12-9-13(12)17(24)23-15-7-3-4-8-16(15)25-10-18(20,21)22/h1-8,12-13H,9-10H2,(H,23,24). The van der Waals surface area contributed by atoms with Crippen LogP contribution in [0.5, 0.6) is 5.75 Å². The Morgan fingerprint density at radius 1 is 1.16 bits per heavy atom. The summed E-state index contributed by atoms with van der Waals surface area (Å²) in [6, 6.07) is 13.4. The molecule has 2 atom stereocenters. The van der Waals surface area contributed by atoms with Gasteiger partial charge >= 0.3 is 6.18 Å². The van der Waals surface area contributed by atoms with Crippen molar-refractivity contribution >= 4 is 23.2 Å². The van der Waals surface area contributed by atoms with Crippen LogP contribution in [0.4, 0.5) is 18.9 Å². The van der Waals surface area contributed by atoms with Gasteiger partial charge in [-0.15, -0.1) is 0 Å². The third-order valence-corrected chi connectivity index (χ3v) is 4.31. The summed E-state index contributed by atoms with van der Waals surface area (Å²) in [5.74, 6) is -0.497. The third-order valence-electron chi connectivity index (χ3n) is 3.97. The number of rotatable bonds is 5. The molecule has 3 nitrogen and oxygen atoms in total. The van der Waals surface area contributed by atoms with Crippen molar-refractivity contribution in [3.8, 4) is 5.75 Å². The zero-order valence-electron chi connectivity index (χ0n) is 13.0. The average Bonchev–Trinajstić information content (AvgIpc) is 3.34. The van der Waals surface area contributed by atoms with Crippen LogP contribution >= 0.6 is 11.6 Å². The highest BCUT2D eigenvalue weighted by molar-refractivity contribution is 6.31. The van der Waals surface area contributed by atoms with E-state index in [1.54, 1.807) is 18.2 Å². The van der Waals surface area contributed by atoms with Gasteiger partial charge in [0.1, 0.15) is 5.75 Å². The molecule has 1 amide bonds. The lowest BCUT2D eigenvalue weighted by atomic mass is 10.1. The minimum atomic E-state index is -4.44. The molecule has 132 valence electrons. The summed E-state index contributed by atoms with van der Waals surface area (Å²) in [5, 5.41) is 3.26. The monoisotopic (exact) mass is 369 g/mol. The van der Waals surface area contributed by atoms with Crippen molar-refractivity contribution in [2.24, 2.45) is 5.92 Å². The number of hydrogen-bond acceptors (Lipinski definition) is 2. The molecule has 0 aromatic heterocycles. The maximum absolute atomic E-state index is 12.4. The quantitative estimate of drug-likeness (QED) is 0.803. The topological polar surface area (TPSA) is 38.3 Å². The van der Waals surface area contributed by atoms with Crippen molar-refractivity contribution in [1.82, 2.24) is 0 Å². The molecule has 1 saturated carbocycles. The van der Waals surface area contributed by atoms with Crippen molar-refractivity contribution in [1.29, 1.82) is 0 Å². The van der Waals surface area contributed by atoms with Crippen LogP contribution in [0.25, 0.3) is 0 Å². The first-order valence-corrected chi connectivity index (χ1v) is 8.07. The fraction of sp³-hybridized carbons (Fsp3) is 0.278. The number of hydrogen-bond donors (Lipinski definition) is 1. The highest BCUT2D eigenvalue weighted by atomic mass is 35.5. The molecule has 1 aliphatic carbocycles. The second-order valence-electron chi connectivity index (χ2n) is 5.86. The summed E-state index contributed by atoms with van der Waals surface area (Å²) < 4.78 is 41.7. The molecule has 25 heavy (non-hydrogen) atoms. The number of benzene rings is 2. The number of halogens is 4. The normalized spacial score (nSPS) is 19.4. The molecule has 2 unspecified atom stereocenters. The molecule has 0 saturated heterocycles. The number of carbonyl (C=O) groups is 1. The largest absolute Gasteiger partial charge is 0.482 e. The lowest BCUT2D eigenvalue weighted by Crippen LogP contribution is -2.20.